The number of aromatic nitrogens is 3. The van der Waals surface area contributed by atoms with E-state index >= 15 is 0 Å². The Morgan fingerprint density at radius 1 is 1.09 bits per heavy atom. The van der Waals surface area contributed by atoms with E-state index in [9.17, 15) is 15.0 Å². The van der Waals surface area contributed by atoms with Crippen molar-refractivity contribution in [3.05, 3.63) is 75.7 Å². The number of aryl methyl sites for hydroxylation is 2. The van der Waals surface area contributed by atoms with Gasteiger partial charge in [-0.2, -0.15) is 0 Å². The van der Waals surface area contributed by atoms with Gasteiger partial charge in [0.15, 0.2) is 0 Å². The molecule has 0 fully saturated rings. The third kappa shape index (κ3) is 4.56. The lowest BCUT2D eigenvalue weighted by molar-refractivity contribution is -0.136. The highest BCUT2D eigenvalue weighted by Gasteiger charge is 2.25. The molecule has 0 bridgehead atoms. The minimum absolute atomic E-state index is 0.163. The van der Waals surface area contributed by atoms with E-state index in [0.717, 1.165) is 39.3 Å². The number of imidazole rings is 1. The molecule has 176 valence electrons. The highest BCUT2D eigenvalue weighted by Crippen LogP contribution is 2.39. The van der Waals surface area contributed by atoms with E-state index in [1.165, 1.54) is 0 Å². The highest BCUT2D eigenvalue weighted by atomic mass is 35.5. The summed E-state index contributed by atoms with van der Waals surface area (Å²) in [5.41, 5.74) is 6.89. The summed E-state index contributed by atoms with van der Waals surface area (Å²) in [6.45, 7) is 9.27. The number of carboxylic acid groups (broad SMARTS) is 1. The monoisotopic (exact) mass is 477 g/mol. The summed E-state index contributed by atoms with van der Waals surface area (Å²) in [6.07, 6.45) is 2.16. The second-order valence-corrected chi connectivity index (χ2v) is 9.80. The zero-order chi connectivity index (χ0) is 24.8. The zero-order valence-electron chi connectivity index (χ0n) is 20.0. The SMILES string of the molecule is Cc1nc(-c2nc3ccccn3c2C)c(C)c(-c2ccc(Cl)cc2CC(C)(C)O)c1CC(=O)O. The molecule has 0 aliphatic heterocycles. The summed E-state index contributed by atoms with van der Waals surface area (Å²) in [5.74, 6) is -0.930. The molecule has 4 aromatic rings. The Kier molecular flexibility index (Phi) is 6.23. The largest absolute Gasteiger partial charge is 0.481 e. The van der Waals surface area contributed by atoms with Gasteiger partial charge < -0.3 is 14.6 Å². The fourth-order valence-electron chi connectivity index (χ4n) is 4.57. The van der Waals surface area contributed by atoms with Gasteiger partial charge in [-0.1, -0.05) is 23.7 Å². The molecular weight excluding hydrogens is 450 g/mol. The topological polar surface area (TPSA) is 87.7 Å². The predicted octanol–water partition coefficient (Wildman–Crippen LogP) is 5.58. The van der Waals surface area contributed by atoms with Crippen molar-refractivity contribution in [2.45, 2.75) is 53.1 Å². The molecule has 0 amide bonds. The van der Waals surface area contributed by atoms with E-state index in [2.05, 4.69) is 0 Å². The van der Waals surface area contributed by atoms with Crippen molar-refractivity contribution in [1.29, 1.82) is 0 Å². The number of hydrogen-bond donors (Lipinski definition) is 2. The van der Waals surface area contributed by atoms with Crippen molar-refractivity contribution >= 4 is 23.2 Å². The summed E-state index contributed by atoms with van der Waals surface area (Å²) in [7, 11) is 0. The van der Waals surface area contributed by atoms with Gasteiger partial charge >= 0.3 is 5.97 Å². The maximum atomic E-state index is 11.8. The number of fused-ring (bicyclic) bond motifs is 1. The summed E-state index contributed by atoms with van der Waals surface area (Å²) >= 11 is 6.32. The van der Waals surface area contributed by atoms with E-state index < -0.39 is 11.6 Å². The van der Waals surface area contributed by atoms with Gasteiger partial charge in [0.05, 0.1) is 17.7 Å². The van der Waals surface area contributed by atoms with Crippen molar-refractivity contribution in [2.24, 2.45) is 0 Å². The minimum atomic E-state index is -0.969. The molecule has 34 heavy (non-hydrogen) atoms. The lowest BCUT2D eigenvalue weighted by Gasteiger charge is -2.23. The Labute approximate surface area is 203 Å². The number of nitrogens with zero attached hydrogens (tertiary/aromatic N) is 3. The van der Waals surface area contributed by atoms with Gasteiger partial charge in [-0.05, 0) is 86.7 Å². The van der Waals surface area contributed by atoms with Crippen LogP contribution in [0.1, 0.15) is 41.9 Å². The lowest BCUT2D eigenvalue weighted by Crippen LogP contribution is -2.22. The normalized spacial score (nSPS) is 11.9. The van der Waals surface area contributed by atoms with Crippen molar-refractivity contribution < 1.29 is 15.0 Å². The molecule has 4 rings (SSSR count). The average Bonchev–Trinajstić information content (AvgIpc) is 3.07. The Morgan fingerprint density at radius 2 is 1.82 bits per heavy atom. The fourth-order valence-corrected chi connectivity index (χ4v) is 4.76. The number of halogens is 1. The summed E-state index contributed by atoms with van der Waals surface area (Å²) in [6, 6.07) is 11.4. The Balaban J connectivity index is 2.05. The van der Waals surface area contributed by atoms with Gasteiger partial charge in [-0.15, -0.1) is 0 Å². The van der Waals surface area contributed by atoms with Crippen LogP contribution in [0.5, 0.6) is 0 Å². The van der Waals surface area contributed by atoms with Crippen LogP contribution in [0.15, 0.2) is 42.6 Å². The third-order valence-electron chi connectivity index (χ3n) is 6.03. The van der Waals surface area contributed by atoms with Gasteiger partial charge in [-0.25, -0.2) is 4.98 Å². The molecule has 0 unspecified atom stereocenters. The van der Waals surface area contributed by atoms with Crippen molar-refractivity contribution in [1.82, 2.24) is 14.4 Å². The predicted molar refractivity (Wildman–Crippen MR) is 134 cm³/mol. The average molecular weight is 478 g/mol. The van der Waals surface area contributed by atoms with Gasteiger partial charge in [0, 0.05) is 29.0 Å². The smallest absolute Gasteiger partial charge is 0.307 e. The Bertz CT molecular complexity index is 1420. The number of carboxylic acids is 1. The molecule has 6 nitrogen and oxygen atoms in total. The number of carbonyl (C=O) groups is 1. The van der Waals surface area contributed by atoms with Crippen LogP contribution in [0.2, 0.25) is 5.02 Å². The quantitative estimate of drug-likeness (QED) is 0.378. The first kappa shape index (κ1) is 23.9. The number of aliphatic hydroxyl groups is 1. The van der Waals surface area contributed by atoms with Gasteiger partial charge in [-0.3, -0.25) is 9.78 Å². The van der Waals surface area contributed by atoms with Gasteiger partial charge in [0.25, 0.3) is 0 Å². The molecule has 0 aliphatic carbocycles. The molecule has 3 heterocycles. The third-order valence-corrected chi connectivity index (χ3v) is 6.26. The maximum absolute atomic E-state index is 11.8. The molecule has 7 heteroatoms. The van der Waals surface area contributed by atoms with Crippen LogP contribution in [0.25, 0.3) is 28.2 Å². The van der Waals surface area contributed by atoms with E-state index in [1.54, 1.807) is 19.9 Å². The standard InChI is InChI=1S/C27H28ClN3O3/c1-15-24(20-10-9-19(28)12-18(20)14-27(4,5)34)21(13-23(32)33)16(2)29-25(15)26-17(3)31-11-7-6-8-22(31)30-26/h6-12,34H,13-14H2,1-5H3,(H,32,33). The second kappa shape index (κ2) is 8.85. The molecule has 0 saturated carbocycles. The van der Waals surface area contributed by atoms with Crippen molar-refractivity contribution in [3.8, 4) is 22.5 Å². The molecule has 0 atom stereocenters. The van der Waals surface area contributed by atoms with Crippen molar-refractivity contribution in [2.75, 3.05) is 0 Å². The second-order valence-electron chi connectivity index (χ2n) is 9.36. The zero-order valence-corrected chi connectivity index (χ0v) is 20.7. The molecule has 3 aromatic heterocycles. The van der Waals surface area contributed by atoms with Crippen LogP contribution >= 0.6 is 11.6 Å². The van der Waals surface area contributed by atoms with E-state index in [-0.39, 0.29) is 6.42 Å². The number of rotatable bonds is 6. The first-order valence-corrected chi connectivity index (χ1v) is 11.5. The van der Waals surface area contributed by atoms with Crippen LogP contribution in [0, 0.1) is 20.8 Å². The summed E-state index contributed by atoms with van der Waals surface area (Å²) < 4.78 is 2.01. The molecule has 0 saturated heterocycles. The molecule has 0 radical (unpaired) electrons. The summed E-state index contributed by atoms with van der Waals surface area (Å²) in [5, 5.41) is 20.8. The molecule has 2 N–H and O–H groups in total. The number of hydrogen-bond acceptors (Lipinski definition) is 4. The number of pyridine rings is 2. The van der Waals surface area contributed by atoms with Gasteiger partial charge in [0.1, 0.15) is 11.3 Å². The number of aliphatic carboxylic acids is 1. The van der Waals surface area contributed by atoms with Crippen LogP contribution in [0.3, 0.4) is 0 Å². The molecule has 0 spiro atoms. The van der Waals surface area contributed by atoms with Crippen LogP contribution in [0.4, 0.5) is 0 Å². The van der Waals surface area contributed by atoms with Crippen LogP contribution in [-0.2, 0) is 17.6 Å². The Morgan fingerprint density at radius 3 is 2.47 bits per heavy atom. The minimum Gasteiger partial charge on any atom is -0.481 e. The fraction of sp³-hybridized carbons (Fsp3) is 0.296. The van der Waals surface area contributed by atoms with Crippen molar-refractivity contribution in [3.63, 3.8) is 0 Å². The van der Waals surface area contributed by atoms with E-state index in [1.807, 2.05) is 61.7 Å². The van der Waals surface area contributed by atoms with Crippen LogP contribution in [-0.4, -0.2) is 36.2 Å². The highest BCUT2D eigenvalue weighted by molar-refractivity contribution is 6.30. The first-order chi connectivity index (χ1) is 16.0. The van der Waals surface area contributed by atoms with Gasteiger partial charge in [0.2, 0.25) is 0 Å². The molecular formula is C27H28ClN3O3. The first-order valence-electron chi connectivity index (χ1n) is 11.1. The van der Waals surface area contributed by atoms with E-state index in [0.29, 0.717) is 28.4 Å². The molecule has 0 aliphatic rings. The Hall–Kier alpha value is -3.22. The lowest BCUT2D eigenvalue weighted by atomic mass is 9.85. The van der Waals surface area contributed by atoms with Crippen LogP contribution < -0.4 is 0 Å². The molecule has 1 aromatic carbocycles. The van der Waals surface area contributed by atoms with E-state index in [4.69, 9.17) is 21.6 Å². The maximum Gasteiger partial charge on any atom is 0.307 e. The summed E-state index contributed by atoms with van der Waals surface area (Å²) in [4.78, 5) is 21.5. The number of benzene rings is 1.